The molecule has 2 aromatic rings. The first-order valence-corrected chi connectivity index (χ1v) is 12.2. The number of nitrogens with one attached hydrogen (secondary N) is 1. The van der Waals surface area contributed by atoms with Crippen molar-refractivity contribution in [1.29, 1.82) is 0 Å². The largest absolute Gasteiger partial charge is 0.492 e. The standard InChI is InChI=1S/C24H33N3O3S/c28-24(21-17-20-5-1-2-7-23(20)30-19-21)25-8-4-9-27(18-22-6-3-16-31-22)11-10-26-12-14-29-15-13-26/h1-3,5-7,16,21H,4,8-15,17-19H2,(H,25,28)/t21-/m0/s1. The van der Waals surface area contributed by atoms with E-state index in [1.807, 2.05) is 35.6 Å². The number of para-hydroxylation sites is 1. The van der Waals surface area contributed by atoms with E-state index in [4.69, 9.17) is 9.47 Å². The first-order chi connectivity index (χ1) is 15.3. The van der Waals surface area contributed by atoms with Gasteiger partial charge in [-0.05, 0) is 35.9 Å². The van der Waals surface area contributed by atoms with Crippen molar-refractivity contribution in [3.05, 3.63) is 52.2 Å². The minimum absolute atomic E-state index is 0.0987. The fourth-order valence-electron chi connectivity index (χ4n) is 4.16. The fraction of sp³-hybridized carbons (Fsp3) is 0.542. The Labute approximate surface area is 189 Å². The third-order valence-electron chi connectivity index (χ3n) is 6.00. The van der Waals surface area contributed by atoms with Gasteiger partial charge in [0.05, 0.1) is 19.1 Å². The summed E-state index contributed by atoms with van der Waals surface area (Å²) in [5.41, 5.74) is 1.12. The van der Waals surface area contributed by atoms with Crippen molar-refractivity contribution in [3.63, 3.8) is 0 Å². The first kappa shape index (κ1) is 22.3. The summed E-state index contributed by atoms with van der Waals surface area (Å²) < 4.78 is 11.2. The molecule has 1 fully saturated rings. The highest BCUT2D eigenvalue weighted by atomic mass is 32.1. The number of nitrogens with zero attached hydrogens (tertiary/aromatic N) is 2. The van der Waals surface area contributed by atoms with Crippen molar-refractivity contribution in [2.75, 3.05) is 59.1 Å². The molecule has 2 aliphatic rings. The van der Waals surface area contributed by atoms with Crippen LogP contribution in [0.2, 0.25) is 0 Å². The molecule has 1 atom stereocenters. The van der Waals surface area contributed by atoms with Crippen LogP contribution in [0.15, 0.2) is 41.8 Å². The predicted octanol–water partition coefficient (Wildman–Crippen LogP) is 2.64. The molecule has 6 nitrogen and oxygen atoms in total. The van der Waals surface area contributed by atoms with E-state index in [1.165, 1.54) is 4.88 Å². The lowest BCUT2D eigenvalue weighted by molar-refractivity contribution is -0.126. The number of morpholine rings is 1. The van der Waals surface area contributed by atoms with Crippen molar-refractivity contribution in [2.45, 2.75) is 19.4 Å². The number of fused-ring (bicyclic) bond motifs is 1. The van der Waals surface area contributed by atoms with Crippen LogP contribution in [0.3, 0.4) is 0 Å². The molecule has 1 aromatic heterocycles. The van der Waals surface area contributed by atoms with Crippen LogP contribution in [0.5, 0.6) is 5.75 Å². The molecule has 0 unspecified atom stereocenters. The number of hydrogen-bond donors (Lipinski definition) is 1. The van der Waals surface area contributed by atoms with Gasteiger partial charge in [-0.1, -0.05) is 24.3 Å². The molecule has 0 bridgehead atoms. The Balaban J connectivity index is 1.20. The van der Waals surface area contributed by atoms with Crippen molar-refractivity contribution >= 4 is 17.2 Å². The maximum absolute atomic E-state index is 12.6. The van der Waals surface area contributed by atoms with Gasteiger partial charge in [-0.3, -0.25) is 14.6 Å². The maximum Gasteiger partial charge on any atom is 0.226 e. The fourth-order valence-corrected chi connectivity index (χ4v) is 4.90. The summed E-state index contributed by atoms with van der Waals surface area (Å²) >= 11 is 1.81. The summed E-state index contributed by atoms with van der Waals surface area (Å²) in [5.74, 6) is 0.919. The lowest BCUT2D eigenvalue weighted by atomic mass is 9.96. The van der Waals surface area contributed by atoms with Gasteiger partial charge in [0, 0.05) is 50.7 Å². The number of rotatable bonds is 10. The molecular formula is C24H33N3O3S. The van der Waals surface area contributed by atoms with Crippen LogP contribution in [0.25, 0.3) is 0 Å². The van der Waals surface area contributed by atoms with Crippen LogP contribution >= 0.6 is 11.3 Å². The molecule has 4 rings (SSSR count). The van der Waals surface area contributed by atoms with Gasteiger partial charge in [0.2, 0.25) is 5.91 Å². The lowest BCUT2D eigenvalue weighted by Gasteiger charge is -2.30. The van der Waals surface area contributed by atoms with E-state index in [2.05, 4.69) is 32.6 Å². The molecule has 168 valence electrons. The van der Waals surface area contributed by atoms with Crippen LogP contribution in [0.1, 0.15) is 16.9 Å². The summed E-state index contributed by atoms with van der Waals surface area (Å²) in [6.07, 6.45) is 1.70. The Morgan fingerprint density at radius 2 is 2.03 bits per heavy atom. The Kier molecular flexibility index (Phi) is 8.35. The number of carbonyl (C=O) groups is 1. The van der Waals surface area contributed by atoms with Gasteiger partial charge in [0.15, 0.2) is 0 Å². The Bertz CT molecular complexity index is 808. The highest BCUT2D eigenvalue weighted by molar-refractivity contribution is 7.09. The molecule has 7 heteroatoms. The molecule has 0 saturated carbocycles. The Morgan fingerprint density at radius 1 is 1.16 bits per heavy atom. The molecule has 1 N–H and O–H groups in total. The third-order valence-corrected chi connectivity index (χ3v) is 6.86. The monoisotopic (exact) mass is 443 g/mol. The molecule has 0 spiro atoms. The summed E-state index contributed by atoms with van der Waals surface area (Å²) in [5, 5.41) is 5.27. The molecule has 3 heterocycles. The highest BCUT2D eigenvalue weighted by Crippen LogP contribution is 2.26. The van der Waals surface area contributed by atoms with E-state index < -0.39 is 0 Å². The summed E-state index contributed by atoms with van der Waals surface area (Å²) in [6.45, 7) is 8.96. The minimum Gasteiger partial charge on any atom is -0.492 e. The SMILES string of the molecule is O=C(NCCCN(CCN1CCOCC1)Cc1cccs1)[C@@H]1COc2ccccc2C1. The van der Waals surface area contributed by atoms with E-state index in [1.54, 1.807) is 0 Å². The number of benzene rings is 1. The van der Waals surface area contributed by atoms with Crippen molar-refractivity contribution in [2.24, 2.45) is 5.92 Å². The second-order valence-electron chi connectivity index (χ2n) is 8.27. The van der Waals surface area contributed by atoms with Crippen LogP contribution < -0.4 is 10.1 Å². The van der Waals surface area contributed by atoms with Crippen LogP contribution in [-0.4, -0.2) is 74.8 Å². The highest BCUT2D eigenvalue weighted by Gasteiger charge is 2.25. The Morgan fingerprint density at radius 3 is 2.87 bits per heavy atom. The summed E-state index contributed by atoms with van der Waals surface area (Å²) in [4.78, 5) is 19.0. The second-order valence-corrected chi connectivity index (χ2v) is 9.31. The van der Waals surface area contributed by atoms with Gasteiger partial charge in [-0.25, -0.2) is 0 Å². The van der Waals surface area contributed by atoms with Gasteiger partial charge in [-0.15, -0.1) is 11.3 Å². The predicted molar refractivity (Wildman–Crippen MR) is 124 cm³/mol. The normalized spacial score (nSPS) is 19.1. The number of thiophene rings is 1. The zero-order chi connectivity index (χ0) is 21.3. The summed E-state index contributed by atoms with van der Waals surface area (Å²) in [7, 11) is 0. The van der Waals surface area contributed by atoms with E-state index in [-0.39, 0.29) is 11.8 Å². The molecule has 0 aliphatic carbocycles. The van der Waals surface area contributed by atoms with Crippen molar-refractivity contribution in [1.82, 2.24) is 15.1 Å². The van der Waals surface area contributed by atoms with E-state index in [0.29, 0.717) is 13.2 Å². The molecule has 1 amide bonds. The third kappa shape index (κ3) is 6.77. The lowest BCUT2D eigenvalue weighted by Crippen LogP contribution is -2.42. The summed E-state index contributed by atoms with van der Waals surface area (Å²) in [6, 6.07) is 12.3. The topological polar surface area (TPSA) is 54.0 Å². The van der Waals surface area contributed by atoms with Gasteiger partial charge >= 0.3 is 0 Å². The van der Waals surface area contributed by atoms with Gasteiger partial charge in [0.25, 0.3) is 0 Å². The van der Waals surface area contributed by atoms with E-state index in [9.17, 15) is 4.79 Å². The van der Waals surface area contributed by atoms with E-state index in [0.717, 1.165) is 76.6 Å². The van der Waals surface area contributed by atoms with Crippen LogP contribution in [-0.2, 0) is 22.5 Å². The van der Waals surface area contributed by atoms with Gasteiger partial charge < -0.3 is 14.8 Å². The van der Waals surface area contributed by atoms with Crippen molar-refractivity contribution < 1.29 is 14.3 Å². The average molecular weight is 444 g/mol. The zero-order valence-electron chi connectivity index (χ0n) is 18.1. The number of hydrogen-bond acceptors (Lipinski definition) is 6. The zero-order valence-corrected chi connectivity index (χ0v) is 18.9. The quantitative estimate of drug-likeness (QED) is 0.572. The second kappa shape index (κ2) is 11.6. The van der Waals surface area contributed by atoms with E-state index >= 15 is 0 Å². The molecule has 0 radical (unpaired) electrons. The van der Waals surface area contributed by atoms with Crippen molar-refractivity contribution in [3.8, 4) is 5.75 Å². The average Bonchev–Trinajstić information content (AvgIpc) is 3.33. The smallest absolute Gasteiger partial charge is 0.226 e. The molecule has 1 aromatic carbocycles. The molecular weight excluding hydrogens is 410 g/mol. The molecule has 2 aliphatic heterocycles. The van der Waals surface area contributed by atoms with Crippen LogP contribution in [0.4, 0.5) is 0 Å². The molecule has 1 saturated heterocycles. The minimum atomic E-state index is -0.0987. The Hall–Kier alpha value is -1.93. The number of carbonyl (C=O) groups excluding carboxylic acids is 1. The first-order valence-electron chi connectivity index (χ1n) is 11.3. The maximum atomic E-state index is 12.6. The number of ether oxygens (including phenoxy) is 2. The van der Waals surface area contributed by atoms with Gasteiger partial charge in [0.1, 0.15) is 12.4 Å². The van der Waals surface area contributed by atoms with Crippen LogP contribution in [0, 0.1) is 5.92 Å². The van der Waals surface area contributed by atoms with Gasteiger partial charge in [-0.2, -0.15) is 0 Å². The number of amides is 1. The molecule has 31 heavy (non-hydrogen) atoms.